The monoisotopic (exact) mass is 382 g/mol. The molecule has 1 aromatic heterocycles. The van der Waals surface area contributed by atoms with E-state index in [0.717, 1.165) is 4.70 Å². The van der Waals surface area contributed by atoms with Crippen LogP contribution in [0.2, 0.25) is 0 Å². The first-order valence-corrected chi connectivity index (χ1v) is 8.20. The maximum absolute atomic E-state index is 12.0. The molecule has 0 bridgehead atoms. The predicted octanol–water partition coefficient (Wildman–Crippen LogP) is 4.41. The van der Waals surface area contributed by atoms with Crippen molar-refractivity contribution >= 4 is 39.2 Å². The summed E-state index contributed by atoms with van der Waals surface area (Å²) in [5.74, 6) is 0. The second-order valence-corrected chi connectivity index (χ2v) is 6.13. The summed E-state index contributed by atoms with van der Waals surface area (Å²) in [6, 6.07) is 11.1. The Morgan fingerprint density at radius 3 is 2.50 bits per heavy atom. The van der Waals surface area contributed by atoms with Crippen molar-refractivity contribution in [2.24, 2.45) is 0 Å². The molecule has 0 saturated carbocycles. The Labute approximate surface area is 150 Å². The lowest BCUT2D eigenvalue weighted by molar-refractivity contribution is -0.176. The number of carbonyl (C=O) groups excluding carboxylic acids is 1. The van der Waals surface area contributed by atoms with Crippen LogP contribution in [0.5, 0.6) is 0 Å². The second-order valence-electron chi connectivity index (χ2n) is 5.34. The van der Waals surface area contributed by atoms with Gasteiger partial charge in [-0.1, -0.05) is 16.6 Å². The van der Waals surface area contributed by atoms with Gasteiger partial charge < -0.3 is 15.4 Å². The van der Waals surface area contributed by atoms with E-state index in [2.05, 4.69) is 25.0 Å². The van der Waals surface area contributed by atoms with Gasteiger partial charge in [0.25, 0.3) is 0 Å². The van der Waals surface area contributed by atoms with Gasteiger partial charge in [0.2, 0.25) is 0 Å². The number of amides is 2. The molecule has 136 valence electrons. The number of hydrogen-bond acceptors (Lipinski definition) is 5. The number of aromatic nitrogens is 2. The third-order valence-corrected chi connectivity index (χ3v) is 3.96. The lowest BCUT2D eigenvalue weighted by atomic mass is 10.2. The summed E-state index contributed by atoms with van der Waals surface area (Å²) in [6.07, 6.45) is -4.35. The summed E-state index contributed by atoms with van der Waals surface area (Å²) in [6.45, 7) is -1.46. The molecule has 2 amide bonds. The van der Waals surface area contributed by atoms with Crippen LogP contribution >= 0.6 is 11.5 Å². The van der Waals surface area contributed by atoms with E-state index in [4.69, 9.17) is 0 Å². The third-order valence-electron chi connectivity index (χ3n) is 3.25. The van der Waals surface area contributed by atoms with Crippen LogP contribution < -0.4 is 10.6 Å². The molecule has 1 heterocycles. The van der Waals surface area contributed by atoms with E-state index in [1.54, 1.807) is 36.4 Å². The lowest BCUT2D eigenvalue weighted by Gasteiger charge is -2.10. The number of carbonyl (C=O) groups is 1. The number of nitrogens with zero attached hydrogens (tertiary/aromatic N) is 2. The molecule has 26 heavy (non-hydrogen) atoms. The van der Waals surface area contributed by atoms with Crippen molar-refractivity contribution in [2.75, 3.05) is 17.2 Å². The van der Waals surface area contributed by atoms with Crippen LogP contribution in [-0.4, -0.2) is 28.4 Å². The van der Waals surface area contributed by atoms with Gasteiger partial charge in [0.15, 0.2) is 0 Å². The van der Waals surface area contributed by atoms with Crippen molar-refractivity contribution in [3.63, 3.8) is 0 Å². The van der Waals surface area contributed by atoms with Gasteiger partial charge in [-0.3, -0.25) is 0 Å². The molecule has 0 unspecified atom stereocenters. The summed E-state index contributed by atoms with van der Waals surface area (Å²) < 4.78 is 45.4. The molecule has 3 rings (SSSR count). The largest absolute Gasteiger partial charge is 0.411 e. The van der Waals surface area contributed by atoms with Crippen molar-refractivity contribution in [3.05, 3.63) is 48.0 Å². The van der Waals surface area contributed by atoms with Gasteiger partial charge in [0.05, 0.1) is 11.3 Å². The van der Waals surface area contributed by atoms with Crippen LogP contribution in [0, 0.1) is 0 Å². The summed E-state index contributed by atoms with van der Waals surface area (Å²) in [5.41, 5.74) is 2.33. The van der Waals surface area contributed by atoms with E-state index in [1.165, 1.54) is 11.5 Å². The smallest absolute Gasteiger partial charge is 0.367 e. The molecule has 0 aliphatic heterocycles. The SMILES string of the molecule is O=C(Nc1ccc(COCC(F)(F)F)cc1)Nc1ccc2snnc2c1. The van der Waals surface area contributed by atoms with E-state index >= 15 is 0 Å². The van der Waals surface area contributed by atoms with Crippen molar-refractivity contribution in [2.45, 2.75) is 12.8 Å². The van der Waals surface area contributed by atoms with Gasteiger partial charge in [-0.05, 0) is 47.4 Å². The molecule has 0 aliphatic rings. The maximum Gasteiger partial charge on any atom is 0.411 e. The Bertz CT molecular complexity index is 896. The minimum atomic E-state index is -4.35. The molecule has 2 aromatic carbocycles. The predicted molar refractivity (Wildman–Crippen MR) is 92.2 cm³/mol. The highest BCUT2D eigenvalue weighted by atomic mass is 32.1. The fourth-order valence-corrected chi connectivity index (χ4v) is 2.66. The first-order valence-electron chi connectivity index (χ1n) is 7.43. The Morgan fingerprint density at radius 1 is 1.08 bits per heavy atom. The molecule has 6 nitrogen and oxygen atoms in total. The lowest BCUT2D eigenvalue weighted by Crippen LogP contribution is -2.19. The number of nitrogens with one attached hydrogen (secondary N) is 2. The fraction of sp³-hybridized carbons (Fsp3) is 0.188. The van der Waals surface area contributed by atoms with Gasteiger partial charge in [-0.15, -0.1) is 5.10 Å². The van der Waals surface area contributed by atoms with Crippen LogP contribution in [0.15, 0.2) is 42.5 Å². The Morgan fingerprint density at radius 2 is 1.77 bits per heavy atom. The highest BCUT2D eigenvalue weighted by Crippen LogP contribution is 2.20. The third kappa shape index (κ3) is 5.14. The number of alkyl halides is 3. The zero-order valence-electron chi connectivity index (χ0n) is 13.2. The van der Waals surface area contributed by atoms with Crippen LogP contribution in [-0.2, 0) is 11.3 Å². The molecule has 0 fully saturated rings. The van der Waals surface area contributed by atoms with Crippen LogP contribution in [0.1, 0.15) is 5.56 Å². The number of benzene rings is 2. The minimum Gasteiger partial charge on any atom is -0.367 e. The molecular formula is C16H13F3N4O2S. The van der Waals surface area contributed by atoms with Gasteiger partial charge in [0, 0.05) is 11.4 Å². The molecule has 0 atom stereocenters. The normalized spacial score (nSPS) is 11.5. The summed E-state index contributed by atoms with van der Waals surface area (Å²) in [4.78, 5) is 12.0. The number of ether oxygens (including phenoxy) is 1. The molecular weight excluding hydrogens is 369 g/mol. The number of halogens is 3. The highest BCUT2D eigenvalue weighted by molar-refractivity contribution is 7.12. The number of urea groups is 1. The number of rotatable bonds is 5. The molecule has 0 saturated heterocycles. The van der Waals surface area contributed by atoms with E-state index in [1.807, 2.05) is 6.07 Å². The average molecular weight is 382 g/mol. The van der Waals surface area contributed by atoms with Crippen molar-refractivity contribution in [1.29, 1.82) is 0 Å². The van der Waals surface area contributed by atoms with Gasteiger partial charge in [-0.2, -0.15) is 13.2 Å². The average Bonchev–Trinajstić information content (AvgIpc) is 3.03. The quantitative estimate of drug-likeness (QED) is 0.685. The van der Waals surface area contributed by atoms with E-state index in [-0.39, 0.29) is 6.61 Å². The van der Waals surface area contributed by atoms with Crippen LogP contribution in [0.25, 0.3) is 10.2 Å². The molecule has 0 spiro atoms. The zero-order valence-corrected chi connectivity index (χ0v) is 14.0. The summed E-state index contributed by atoms with van der Waals surface area (Å²) in [7, 11) is 0. The van der Waals surface area contributed by atoms with E-state index in [9.17, 15) is 18.0 Å². The Kier molecular flexibility index (Phi) is 5.33. The van der Waals surface area contributed by atoms with Crippen LogP contribution in [0.4, 0.5) is 29.3 Å². The van der Waals surface area contributed by atoms with Crippen LogP contribution in [0.3, 0.4) is 0 Å². The standard InChI is InChI=1S/C16H13F3N4O2S/c17-16(18,19)9-25-8-10-1-3-11(4-2-10)20-15(24)21-12-5-6-14-13(7-12)22-23-26-14/h1-7H,8-9H2,(H2,20,21,24). The molecule has 10 heteroatoms. The number of hydrogen-bond donors (Lipinski definition) is 2. The van der Waals surface area contributed by atoms with Gasteiger partial charge in [0.1, 0.15) is 12.1 Å². The molecule has 0 aliphatic carbocycles. The topological polar surface area (TPSA) is 76.1 Å². The Balaban J connectivity index is 1.52. The van der Waals surface area contributed by atoms with E-state index < -0.39 is 18.8 Å². The van der Waals surface area contributed by atoms with Gasteiger partial charge in [-0.25, -0.2) is 4.79 Å². The highest BCUT2D eigenvalue weighted by Gasteiger charge is 2.27. The summed E-state index contributed by atoms with van der Waals surface area (Å²) in [5, 5.41) is 9.25. The second kappa shape index (κ2) is 7.67. The van der Waals surface area contributed by atoms with Crippen molar-refractivity contribution < 1.29 is 22.7 Å². The molecule has 0 radical (unpaired) electrons. The zero-order chi connectivity index (χ0) is 18.6. The first kappa shape index (κ1) is 18.1. The van der Waals surface area contributed by atoms with Gasteiger partial charge >= 0.3 is 12.2 Å². The van der Waals surface area contributed by atoms with Crippen molar-refractivity contribution in [1.82, 2.24) is 9.59 Å². The first-order chi connectivity index (χ1) is 12.4. The molecule has 3 aromatic rings. The minimum absolute atomic E-state index is 0.159. The maximum atomic E-state index is 12.0. The Hall–Kier alpha value is -2.72. The van der Waals surface area contributed by atoms with Crippen molar-refractivity contribution in [3.8, 4) is 0 Å². The number of fused-ring (bicyclic) bond motifs is 1. The fourth-order valence-electron chi connectivity index (χ4n) is 2.12. The molecule has 2 N–H and O–H groups in total. The summed E-state index contributed by atoms with van der Waals surface area (Å²) >= 11 is 1.26. The number of anilines is 2. The van der Waals surface area contributed by atoms with E-state index in [0.29, 0.717) is 22.5 Å².